The normalized spacial score (nSPS) is 21.4. The quantitative estimate of drug-likeness (QED) is 0.514. The highest BCUT2D eigenvalue weighted by Gasteiger charge is 2.16. The Balaban J connectivity index is 1.95. The second-order valence-corrected chi connectivity index (χ2v) is 4.37. The van der Waals surface area contributed by atoms with E-state index in [0.29, 0.717) is 13.0 Å². The molecule has 1 N–H and O–H groups in total. The van der Waals surface area contributed by atoms with Crippen molar-refractivity contribution >= 4 is 5.97 Å². The SMILES string of the molecule is CCOC(=O)CCCNCC1CN(C)CCO1. The summed E-state index contributed by atoms with van der Waals surface area (Å²) in [7, 11) is 2.11. The molecule has 0 aromatic rings. The van der Waals surface area contributed by atoms with Crippen LogP contribution in [0.3, 0.4) is 0 Å². The number of carbonyl (C=O) groups is 1. The zero-order valence-corrected chi connectivity index (χ0v) is 10.9. The number of esters is 1. The van der Waals surface area contributed by atoms with Crippen LogP contribution in [-0.4, -0.2) is 63.4 Å². The lowest BCUT2D eigenvalue weighted by Crippen LogP contribution is -2.45. The largest absolute Gasteiger partial charge is 0.466 e. The van der Waals surface area contributed by atoms with Gasteiger partial charge in [-0.2, -0.15) is 0 Å². The third kappa shape index (κ3) is 6.61. The van der Waals surface area contributed by atoms with E-state index in [4.69, 9.17) is 9.47 Å². The van der Waals surface area contributed by atoms with Gasteiger partial charge in [0, 0.05) is 26.1 Å². The second-order valence-electron chi connectivity index (χ2n) is 4.37. The number of likely N-dealkylation sites (N-methyl/N-ethyl adjacent to an activating group) is 1. The summed E-state index contributed by atoms with van der Waals surface area (Å²) in [6, 6.07) is 0. The number of nitrogens with one attached hydrogen (secondary N) is 1. The Labute approximate surface area is 103 Å². The van der Waals surface area contributed by atoms with E-state index in [9.17, 15) is 4.79 Å². The van der Waals surface area contributed by atoms with Crippen molar-refractivity contribution in [1.29, 1.82) is 0 Å². The van der Waals surface area contributed by atoms with E-state index in [1.807, 2.05) is 6.92 Å². The second kappa shape index (κ2) is 8.44. The predicted octanol–water partition coefficient (Wildman–Crippen LogP) is 0.250. The van der Waals surface area contributed by atoms with Crippen LogP contribution in [0.5, 0.6) is 0 Å². The number of carbonyl (C=O) groups excluding carboxylic acids is 1. The van der Waals surface area contributed by atoms with Crippen molar-refractivity contribution in [2.45, 2.75) is 25.9 Å². The summed E-state index contributed by atoms with van der Waals surface area (Å²) in [6.45, 7) is 6.78. The molecule has 1 saturated heterocycles. The van der Waals surface area contributed by atoms with Crippen molar-refractivity contribution in [3.63, 3.8) is 0 Å². The minimum absolute atomic E-state index is 0.108. The Morgan fingerprint density at radius 1 is 1.59 bits per heavy atom. The number of morpholine rings is 1. The van der Waals surface area contributed by atoms with Gasteiger partial charge in [-0.25, -0.2) is 0 Å². The fourth-order valence-corrected chi connectivity index (χ4v) is 1.84. The van der Waals surface area contributed by atoms with E-state index < -0.39 is 0 Å². The van der Waals surface area contributed by atoms with Gasteiger partial charge in [0.05, 0.1) is 19.3 Å². The standard InChI is InChI=1S/C12H24N2O3/c1-3-16-12(15)5-4-6-13-9-11-10-14(2)7-8-17-11/h11,13H,3-10H2,1-2H3. The lowest BCUT2D eigenvalue weighted by Gasteiger charge is -2.30. The van der Waals surface area contributed by atoms with E-state index in [2.05, 4.69) is 17.3 Å². The van der Waals surface area contributed by atoms with Gasteiger partial charge in [-0.05, 0) is 26.9 Å². The molecule has 1 fully saturated rings. The molecule has 0 aromatic carbocycles. The molecule has 1 aliphatic rings. The van der Waals surface area contributed by atoms with Gasteiger partial charge in [-0.15, -0.1) is 0 Å². The van der Waals surface area contributed by atoms with Crippen LogP contribution in [-0.2, 0) is 14.3 Å². The summed E-state index contributed by atoms with van der Waals surface area (Å²) in [6.07, 6.45) is 1.59. The van der Waals surface area contributed by atoms with Crippen molar-refractivity contribution < 1.29 is 14.3 Å². The lowest BCUT2D eigenvalue weighted by molar-refractivity contribution is -0.143. The van der Waals surface area contributed by atoms with Crippen LogP contribution in [0.15, 0.2) is 0 Å². The van der Waals surface area contributed by atoms with Gasteiger partial charge in [0.15, 0.2) is 0 Å². The van der Waals surface area contributed by atoms with Crippen LogP contribution >= 0.6 is 0 Å². The Bertz CT molecular complexity index is 224. The van der Waals surface area contributed by atoms with Gasteiger partial charge in [0.1, 0.15) is 0 Å². The molecule has 5 nitrogen and oxygen atoms in total. The molecule has 1 unspecified atom stereocenters. The smallest absolute Gasteiger partial charge is 0.305 e. The summed E-state index contributed by atoms with van der Waals surface area (Å²) in [4.78, 5) is 13.3. The van der Waals surface area contributed by atoms with E-state index in [1.165, 1.54) is 0 Å². The van der Waals surface area contributed by atoms with Crippen molar-refractivity contribution in [3.05, 3.63) is 0 Å². The van der Waals surface area contributed by atoms with Crippen LogP contribution < -0.4 is 5.32 Å². The molecule has 0 saturated carbocycles. The van der Waals surface area contributed by atoms with E-state index in [1.54, 1.807) is 0 Å². The topological polar surface area (TPSA) is 50.8 Å². The van der Waals surface area contributed by atoms with Gasteiger partial charge in [0.2, 0.25) is 0 Å². The van der Waals surface area contributed by atoms with Gasteiger partial charge in [0.25, 0.3) is 0 Å². The molecule has 1 atom stereocenters. The van der Waals surface area contributed by atoms with Gasteiger partial charge in [-0.3, -0.25) is 4.79 Å². The number of ether oxygens (including phenoxy) is 2. The molecule has 17 heavy (non-hydrogen) atoms. The monoisotopic (exact) mass is 244 g/mol. The first-order valence-electron chi connectivity index (χ1n) is 6.39. The van der Waals surface area contributed by atoms with E-state index >= 15 is 0 Å². The molecule has 0 aliphatic carbocycles. The van der Waals surface area contributed by atoms with Crippen LogP contribution in [0.1, 0.15) is 19.8 Å². The zero-order chi connectivity index (χ0) is 12.5. The van der Waals surface area contributed by atoms with Gasteiger partial charge < -0.3 is 19.7 Å². The van der Waals surface area contributed by atoms with E-state index in [0.717, 1.165) is 39.2 Å². The van der Waals surface area contributed by atoms with Crippen LogP contribution in [0.2, 0.25) is 0 Å². The fourth-order valence-electron chi connectivity index (χ4n) is 1.84. The Morgan fingerprint density at radius 2 is 2.41 bits per heavy atom. The molecule has 1 rings (SSSR count). The van der Waals surface area contributed by atoms with Crippen molar-refractivity contribution in [2.75, 3.05) is 46.4 Å². The number of hydrogen-bond donors (Lipinski definition) is 1. The summed E-state index contributed by atoms with van der Waals surface area (Å²) < 4.78 is 10.5. The maximum atomic E-state index is 11.1. The molecular weight excluding hydrogens is 220 g/mol. The molecule has 0 amide bonds. The Morgan fingerprint density at radius 3 is 3.12 bits per heavy atom. The van der Waals surface area contributed by atoms with Crippen molar-refractivity contribution in [3.8, 4) is 0 Å². The first kappa shape index (κ1) is 14.4. The zero-order valence-electron chi connectivity index (χ0n) is 10.9. The average molecular weight is 244 g/mol. The summed E-state index contributed by atoms with van der Waals surface area (Å²) in [5.41, 5.74) is 0. The average Bonchev–Trinajstić information content (AvgIpc) is 2.29. The summed E-state index contributed by atoms with van der Waals surface area (Å²) >= 11 is 0. The highest BCUT2D eigenvalue weighted by atomic mass is 16.5. The Kier molecular flexibility index (Phi) is 7.16. The molecule has 0 radical (unpaired) electrons. The minimum Gasteiger partial charge on any atom is -0.466 e. The van der Waals surface area contributed by atoms with Crippen molar-refractivity contribution in [2.24, 2.45) is 0 Å². The highest BCUT2D eigenvalue weighted by Crippen LogP contribution is 2.01. The number of hydrogen-bond acceptors (Lipinski definition) is 5. The number of rotatable bonds is 7. The molecule has 0 aromatic heterocycles. The van der Waals surface area contributed by atoms with Crippen LogP contribution in [0.25, 0.3) is 0 Å². The molecule has 0 bridgehead atoms. The predicted molar refractivity (Wildman–Crippen MR) is 66.0 cm³/mol. The van der Waals surface area contributed by atoms with E-state index in [-0.39, 0.29) is 12.1 Å². The highest BCUT2D eigenvalue weighted by molar-refractivity contribution is 5.69. The molecule has 5 heteroatoms. The number of nitrogens with zero attached hydrogens (tertiary/aromatic N) is 1. The maximum Gasteiger partial charge on any atom is 0.305 e. The van der Waals surface area contributed by atoms with Crippen LogP contribution in [0, 0.1) is 0 Å². The van der Waals surface area contributed by atoms with Crippen molar-refractivity contribution in [1.82, 2.24) is 10.2 Å². The first-order chi connectivity index (χ1) is 8.22. The molecule has 100 valence electrons. The Hall–Kier alpha value is -0.650. The molecule has 1 heterocycles. The third-order valence-corrected chi connectivity index (χ3v) is 2.75. The maximum absolute atomic E-state index is 11.1. The molecule has 0 spiro atoms. The molecule has 1 aliphatic heterocycles. The van der Waals surface area contributed by atoms with Gasteiger partial charge in [-0.1, -0.05) is 0 Å². The fraction of sp³-hybridized carbons (Fsp3) is 0.917. The summed E-state index contributed by atoms with van der Waals surface area (Å²) in [5.74, 6) is -0.108. The van der Waals surface area contributed by atoms with Crippen LogP contribution in [0.4, 0.5) is 0 Å². The molecular formula is C12H24N2O3. The first-order valence-corrected chi connectivity index (χ1v) is 6.39. The van der Waals surface area contributed by atoms with Gasteiger partial charge >= 0.3 is 5.97 Å². The lowest BCUT2D eigenvalue weighted by atomic mass is 10.2. The minimum atomic E-state index is -0.108. The summed E-state index contributed by atoms with van der Waals surface area (Å²) in [5, 5.41) is 3.31. The third-order valence-electron chi connectivity index (χ3n) is 2.75.